The number of benzene rings is 3. The Morgan fingerprint density at radius 3 is 2.00 bits per heavy atom. The maximum Gasteiger partial charge on any atom is 0.490 e. The van der Waals surface area contributed by atoms with Crippen LogP contribution in [-0.4, -0.2) is 68.8 Å². The van der Waals surface area contributed by atoms with Crippen LogP contribution in [0.4, 0.5) is 37.8 Å². The Hall–Kier alpha value is -6.93. The van der Waals surface area contributed by atoms with Gasteiger partial charge in [-0.05, 0) is 50.1 Å². The number of nitrogens with zero attached hydrogens (tertiary/aromatic N) is 2. The molecule has 0 aliphatic rings. The van der Waals surface area contributed by atoms with Gasteiger partial charge < -0.3 is 37.6 Å². The molecule has 10 N–H and O–H groups in total. The molecule has 0 fully saturated rings. The number of nitrogens with one attached hydrogen (secondary N) is 4. The number of amides is 2. The van der Waals surface area contributed by atoms with Crippen molar-refractivity contribution in [2.75, 3.05) is 11.1 Å². The Bertz CT molecular complexity index is 2010. The number of nitrogen functional groups attached to an aromatic ring is 2. The average Bonchev–Trinajstić information content (AvgIpc) is 3.12. The largest absolute Gasteiger partial charge is 0.490 e. The van der Waals surface area contributed by atoms with Crippen molar-refractivity contribution >= 4 is 41.6 Å². The van der Waals surface area contributed by atoms with E-state index in [1.807, 2.05) is 51.1 Å². The number of rotatable bonds is 11. The summed E-state index contributed by atoms with van der Waals surface area (Å²) >= 11 is 0. The van der Waals surface area contributed by atoms with Crippen LogP contribution in [0.3, 0.4) is 0 Å². The predicted molar refractivity (Wildman–Crippen MR) is 198 cm³/mol. The summed E-state index contributed by atoms with van der Waals surface area (Å²) in [5, 5.41) is 30.4. The molecule has 0 saturated carbocycles. The Morgan fingerprint density at radius 1 is 0.965 bits per heavy atom. The Balaban J connectivity index is 0.000000997. The number of carbonyl (C=O) groups excluding carboxylic acids is 2. The fourth-order valence-corrected chi connectivity index (χ4v) is 4.49. The number of alkyl halides is 6. The molecule has 0 bridgehead atoms. The van der Waals surface area contributed by atoms with Gasteiger partial charge in [-0.15, -0.1) is 0 Å². The fraction of sp³-hybridized carbons (Fsp3) is 0.250. The zero-order chi connectivity index (χ0) is 43.5. The number of halogens is 6. The molecular weight excluding hydrogens is 770 g/mol. The van der Waals surface area contributed by atoms with Gasteiger partial charge in [0.1, 0.15) is 12.4 Å². The number of carboxylic acids is 1. The molecule has 1 heterocycles. The van der Waals surface area contributed by atoms with E-state index in [4.69, 9.17) is 36.7 Å². The van der Waals surface area contributed by atoms with Gasteiger partial charge in [-0.3, -0.25) is 29.2 Å². The molecular formula is C36H40F6N8O7. The van der Waals surface area contributed by atoms with Gasteiger partial charge in [0.25, 0.3) is 17.9 Å². The summed E-state index contributed by atoms with van der Waals surface area (Å²) in [5.74, 6) is -3.44. The third-order valence-corrected chi connectivity index (χ3v) is 6.94. The molecule has 0 saturated heterocycles. The number of nitrogens with two attached hydrogens (primary N) is 2. The second kappa shape index (κ2) is 23.1. The van der Waals surface area contributed by atoms with Crippen LogP contribution in [0.2, 0.25) is 0 Å². The zero-order valence-electron chi connectivity index (χ0n) is 30.5. The van der Waals surface area contributed by atoms with E-state index < -0.39 is 30.3 Å². The van der Waals surface area contributed by atoms with Crippen molar-refractivity contribution in [2.24, 2.45) is 5.73 Å². The van der Waals surface area contributed by atoms with Crippen LogP contribution >= 0.6 is 0 Å². The second-order valence-corrected chi connectivity index (χ2v) is 11.7. The lowest BCUT2D eigenvalue weighted by atomic mass is 10.0. The SMILES string of the molecule is CC(C)Nc1ncc(-c2cc(N)cc(C(=O)NC(C)c3ccccc3)c2)n(CC(=O)NCc2ccc(C(=N)N)cc2)c1=O.FC(F)F.O=C(O)C(F)(F)F.O=CO. The molecule has 1 unspecified atom stereocenters. The first-order valence-corrected chi connectivity index (χ1v) is 16.2. The van der Waals surface area contributed by atoms with E-state index in [-0.39, 0.29) is 49.2 Å². The summed E-state index contributed by atoms with van der Waals surface area (Å²) in [6, 6.07) is 21.0. The topological polar surface area (TPSA) is 256 Å². The van der Waals surface area contributed by atoms with Gasteiger partial charge in [0.05, 0.1) is 17.9 Å². The van der Waals surface area contributed by atoms with E-state index >= 15 is 0 Å². The number of aliphatic carboxylic acids is 1. The highest BCUT2D eigenvalue weighted by Gasteiger charge is 2.38. The molecule has 0 aliphatic heterocycles. The van der Waals surface area contributed by atoms with Gasteiger partial charge in [0.2, 0.25) is 5.91 Å². The maximum absolute atomic E-state index is 13.5. The first-order chi connectivity index (χ1) is 26.6. The quantitative estimate of drug-likeness (QED) is 0.0332. The van der Waals surface area contributed by atoms with Crippen molar-refractivity contribution in [3.63, 3.8) is 0 Å². The first-order valence-electron chi connectivity index (χ1n) is 16.2. The van der Waals surface area contributed by atoms with E-state index in [2.05, 4.69) is 20.9 Å². The number of amidine groups is 1. The third kappa shape index (κ3) is 17.4. The minimum absolute atomic E-state index is 0.0427. The summed E-state index contributed by atoms with van der Waals surface area (Å²) in [4.78, 5) is 61.4. The highest BCUT2D eigenvalue weighted by atomic mass is 19.4. The number of hydrogen-bond donors (Lipinski definition) is 8. The van der Waals surface area contributed by atoms with Gasteiger partial charge >= 0.3 is 18.8 Å². The van der Waals surface area contributed by atoms with E-state index in [0.29, 0.717) is 28.1 Å². The Labute approximate surface area is 321 Å². The van der Waals surface area contributed by atoms with Crippen LogP contribution in [0.15, 0.2) is 83.8 Å². The third-order valence-electron chi connectivity index (χ3n) is 6.94. The molecule has 2 amide bonds. The molecule has 0 radical (unpaired) electrons. The van der Waals surface area contributed by atoms with Crippen LogP contribution in [0, 0.1) is 5.41 Å². The lowest BCUT2D eigenvalue weighted by molar-refractivity contribution is -0.192. The van der Waals surface area contributed by atoms with E-state index in [9.17, 15) is 40.7 Å². The fourth-order valence-electron chi connectivity index (χ4n) is 4.49. The van der Waals surface area contributed by atoms with Crippen molar-refractivity contribution < 1.29 is 55.7 Å². The average molecular weight is 811 g/mol. The lowest BCUT2D eigenvalue weighted by Gasteiger charge is -2.18. The van der Waals surface area contributed by atoms with Crippen molar-refractivity contribution in [3.05, 3.63) is 112 Å². The van der Waals surface area contributed by atoms with Crippen LogP contribution in [0.25, 0.3) is 11.3 Å². The van der Waals surface area contributed by atoms with Crippen molar-refractivity contribution in [3.8, 4) is 11.3 Å². The molecule has 4 aromatic rings. The van der Waals surface area contributed by atoms with E-state index in [1.165, 1.54) is 10.8 Å². The Kier molecular flexibility index (Phi) is 19.5. The standard InChI is InChI=1S/C32H36N8O3.C2HF3O2.CHF3.CH2O2/c1-19(2)38-30-32(43)40(18-28(41)36-16-21-9-11-23(12-10-21)29(34)35)27(17-37-30)24-13-25(15-26(33)14-24)31(42)39-20(3)22-7-5-4-6-8-22;3-2(4,5)1(6)7;2-1(3)4;2-1-3/h4-15,17,19-20H,16,18,33H2,1-3H3,(H3,34,35)(H,36,41)(H,37,38)(H,39,42);(H,6,7);1H;1H,(H,2,3). The smallest absolute Gasteiger partial charge is 0.483 e. The molecule has 15 nitrogen and oxygen atoms in total. The molecule has 4 rings (SSSR count). The van der Waals surface area contributed by atoms with Gasteiger partial charge in [-0.2, -0.15) is 26.3 Å². The van der Waals surface area contributed by atoms with Gasteiger partial charge in [-0.1, -0.05) is 54.6 Å². The van der Waals surface area contributed by atoms with Crippen LogP contribution in [0.1, 0.15) is 53.9 Å². The predicted octanol–water partition coefficient (Wildman–Crippen LogP) is 4.92. The minimum Gasteiger partial charge on any atom is -0.483 e. The molecule has 3 aromatic carbocycles. The molecule has 0 spiro atoms. The summed E-state index contributed by atoms with van der Waals surface area (Å²) in [6.45, 7) is 1.64. The van der Waals surface area contributed by atoms with Gasteiger partial charge in [0.15, 0.2) is 5.82 Å². The first kappa shape index (κ1) is 48.1. The van der Waals surface area contributed by atoms with Gasteiger partial charge in [0, 0.05) is 35.0 Å². The number of aromatic nitrogens is 2. The maximum atomic E-state index is 13.5. The van der Waals surface area contributed by atoms with E-state index in [1.54, 1.807) is 42.5 Å². The van der Waals surface area contributed by atoms with E-state index in [0.717, 1.165) is 11.1 Å². The van der Waals surface area contributed by atoms with Crippen molar-refractivity contribution in [1.29, 1.82) is 5.41 Å². The number of carboxylic acid groups (broad SMARTS) is 2. The van der Waals surface area contributed by atoms with Crippen LogP contribution < -0.4 is 33.0 Å². The zero-order valence-corrected chi connectivity index (χ0v) is 30.5. The Morgan fingerprint density at radius 2 is 1.51 bits per heavy atom. The monoisotopic (exact) mass is 810 g/mol. The molecule has 308 valence electrons. The van der Waals surface area contributed by atoms with Crippen LogP contribution in [0.5, 0.6) is 0 Å². The summed E-state index contributed by atoms with van der Waals surface area (Å²) in [5.41, 5.74) is 15.0. The summed E-state index contributed by atoms with van der Waals surface area (Å²) in [6.07, 6.45) is -3.59. The molecule has 21 heteroatoms. The highest BCUT2D eigenvalue weighted by molar-refractivity contribution is 5.97. The van der Waals surface area contributed by atoms with Crippen molar-refractivity contribution in [2.45, 2.75) is 58.8 Å². The lowest BCUT2D eigenvalue weighted by Crippen LogP contribution is -2.35. The molecule has 57 heavy (non-hydrogen) atoms. The molecule has 1 aromatic heterocycles. The summed E-state index contributed by atoms with van der Waals surface area (Å²) in [7, 11) is 0. The number of hydrogen-bond acceptors (Lipinski definition) is 9. The second-order valence-electron chi connectivity index (χ2n) is 11.7. The van der Waals surface area contributed by atoms with Crippen LogP contribution in [-0.2, 0) is 27.5 Å². The minimum atomic E-state index is -5.08. The highest BCUT2D eigenvalue weighted by Crippen LogP contribution is 2.24. The molecule has 0 aliphatic carbocycles. The molecule has 1 atom stereocenters. The van der Waals surface area contributed by atoms with Crippen molar-refractivity contribution in [1.82, 2.24) is 20.2 Å². The number of anilines is 2. The van der Waals surface area contributed by atoms with Gasteiger partial charge in [-0.25, -0.2) is 9.78 Å². The normalized spacial score (nSPS) is 10.9. The number of carbonyl (C=O) groups is 4. The summed E-state index contributed by atoms with van der Waals surface area (Å²) < 4.78 is 62.1.